The molecule has 1 aliphatic heterocycles. The third-order valence-electron chi connectivity index (χ3n) is 4.59. The number of rotatable bonds is 4. The summed E-state index contributed by atoms with van der Waals surface area (Å²) in [5.74, 6) is 0.952. The van der Waals surface area contributed by atoms with E-state index in [-0.39, 0.29) is 22.9 Å². The van der Waals surface area contributed by atoms with E-state index in [2.05, 4.69) is 14.9 Å². The molecule has 1 aromatic heterocycles. The topological polar surface area (TPSA) is 52.6 Å². The van der Waals surface area contributed by atoms with Crippen LogP contribution in [0.25, 0.3) is 0 Å². The molecule has 0 unspecified atom stereocenters. The predicted octanol–water partition coefficient (Wildman–Crippen LogP) is 2.53. The Morgan fingerprint density at radius 2 is 1.93 bits per heavy atom. The first-order valence-corrected chi connectivity index (χ1v) is 9.21. The highest BCUT2D eigenvalue weighted by atomic mass is 35.5. The molecule has 0 spiro atoms. The molecule has 8 heteroatoms. The Morgan fingerprint density at radius 1 is 1.22 bits per heavy atom. The van der Waals surface area contributed by atoms with Crippen molar-refractivity contribution in [1.29, 1.82) is 0 Å². The fourth-order valence-corrected chi connectivity index (χ4v) is 3.26. The van der Waals surface area contributed by atoms with Crippen molar-refractivity contribution in [3.05, 3.63) is 46.4 Å². The highest BCUT2D eigenvalue weighted by Gasteiger charge is 2.24. The van der Waals surface area contributed by atoms with E-state index >= 15 is 0 Å². The summed E-state index contributed by atoms with van der Waals surface area (Å²) in [7, 11) is 3.88. The van der Waals surface area contributed by atoms with Gasteiger partial charge in [-0.3, -0.25) is 4.79 Å². The number of piperazine rings is 1. The maximum atomic E-state index is 13.9. The van der Waals surface area contributed by atoms with Crippen molar-refractivity contribution in [1.82, 2.24) is 14.9 Å². The van der Waals surface area contributed by atoms with Crippen molar-refractivity contribution in [2.24, 2.45) is 0 Å². The molecule has 0 saturated carbocycles. The maximum absolute atomic E-state index is 13.9. The van der Waals surface area contributed by atoms with Gasteiger partial charge >= 0.3 is 0 Å². The van der Waals surface area contributed by atoms with Crippen LogP contribution in [0.3, 0.4) is 0 Å². The molecule has 0 N–H and O–H groups in total. The van der Waals surface area contributed by atoms with E-state index in [9.17, 15) is 9.18 Å². The molecule has 2 heterocycles. The summed E-state index contributed by atoms with van der Waals surface area (Å²) in [6.07, 6.45) is -0.0305. The third kappa shape index (κ3) is 4.47. The van der Waals surface area contributed by atoms with Crippen LogP contribution in [0, 0.1) is 12.7 Å². The molecule has 3 rings (SSSR count). The Hall–Kier alpha value is -2.41. The van der Waals surface area contributed by atoms with Gasteiger partial charge in [0.25, 0.3) is 0 Å². The second-order valence-electron chi connectivity index (χ2n) is 6.81. The molecular formula is C19H23ClFN5O. The van der Waals surface area contributed by atoms with Gasteiger partial charge in [-0.1, -0.05) is 17.7 Å². The standard InChI is InChI=1S/C19H23ClFN5O/c1-13-11-17(24(2)3)23-19(22-13)26-9-7-25(8-10-26)18(27)12-14-15(20)5-4-6-16(14)21/h4-6,11H,7-10,12H2,1-3H3. The van der Waals surface area contributed by atoms with Crippen molar-refractivity contribution < 1.29 is 9.18 Å². The monoisotopic (exact) mass is 391 g/mol. The highest BCUT2D eigenvalue weighted by molar-refractivity contribution is 6.31. The lowest BCUT2D eigenvalue weighted by molar-refractivity contribution is -0.130. The number of nitrogens with zero attached hydrogens (tertiary/aromatic N) is 5. The number of carbonyl (C=O) groups excluding carboxylic acids is 1. The molecule has 6 nitrogen and oxygen atoms in total. The number of aryl methyl sites for hydroxylation is 1. The molecule has 0 bridgehead atoms. The van der Waals surface area contributed by atoms with E-state index in [4.69, 9.17) is 11.6 Å². The molecule has 1 aromatic carbocycles. The molecule has 2 aromatic rings. The van der Waals surface area contributed by atoms with Crippen molar-refractivity contribution in [3.8, 4) is 0 Å². The van der Waals surface area contributed by atoms with Gasteiger partial charge in [0.15, 0.2) is 0 Å². The molecule has 0 radical (unpaired) electrons. The fourth-order valence-electron chi connectivity index (χ4n) is 3.03. The average molecular weight is 392 g/mol. The van der Waals surface area contributed by atoms with Crippen LogP contribution in [-0.4, -0.2) is 61.0 Å². The Bertz CT molecular complexity index is 817. The van der Waals surface area contributed by atoms with Crippen LogP contribution in [-0.2, 0) is 11.2 Å². The van der Waals surface area contributed by atoms with Crippen molar-refractivity contribution in [3.63, 3.8) is 0 Å². The summed E-state index contributed by atoms with van der Waals surface area (Å²) in [6.45, 7) is 4.29. The Balaban J connectivity index is 1.64. The summed E-state index contributed by atoms with van der Waals surface area (Å²) >= 11 is 6.03. The van der Waals surface area contributed by atoms with Gasteiger partial charge in [0, 0.05) is 62.6 Å². The van der Waals surface area contributed by atoms with E-state index < -0.39 is 5.82 Å². The molecule has 1 saturated heterocycles. The lowest BCUT2D eigenvalue weighted by Crippen LogP contribution is -2.49. The van der Waals surface area contributed by atoms with Crippen molar-refractivity contribution >= 4 is 29.3 Å². The Kier molecular flexibility index (Phi) is 5.79. The lowest BCUT2D eigenvalue weighted by Gasteiger charge is -2.35. The quantitative estimate of drug-likeness (QED) is 0.801. The van der Waals surface area contributed by atoms with Crippen LogP contribution >= 0.6 is 11.6 Å². The molecule has 1 fully saturated rings. The number of hydrogen-bond acceptors (Lipinski definition) is 5. The summed E-state index contributed by atoms with van der Waals surface area (Å²) in [6, 6.07) is 6.39. The summed E-state index contributed by atoms with van der Waals surface area (Å²) in [4.78, 5) is 27.4. The summed E-state index contributed by atoms with van der Waals surface area (Å²) < 4.78 is 13.9. The van der Waals surface area contributed by atoms with Gasteiger partial charge in [-0.15, -0.1) is 0 Å². The average Bonchev–Trinajstić information content (AvgIpc) is 2.64. The Labute approximate surface area is 163 Å². The van der Waals surface area contributed by atoms with Crippen LogP contribution in [0.5, 0.6) is 0 Å². The molecule has 0 aliphatic carbocycles. The number of aromatic nitrogens is 2. The van der Waals surface area contributed by atoms with Gasteiger partial charge in [-0.05, 0) is 19.1 Å². The third-order valence-corrected chi connectivity index (χ3v) is 4.95. The molecule has 144 valence electrons. The van der Waals surface area contributed by atoms with Crippen LogP contribution in [0.15, 0.2) is 24.3 Å². The van der Waals surface area contributed by atoms with Crippen molar-refractivity contribution in [2.45, 2.75) is 13.3 Å². The second-order valence-corrected chi connectivity index (χ2v) is 7.21. The summed E-state index contributed by atoms with van der Waals surface area (Å²) in [5.41, 5.74) is 1.15. The lowest BCUT2D eigenvalue weighted by atomic mass is 10.1. The zero-order chi connectivity index (χ0) is 19.6. The predicted molar refractivity (Wildman–Crippen MR) is 105 cm³/mol. The van der Waals surface area contributed by atoms with E-state index in [1.54, 1.807) is 11.0 Å². The second kappa shape index (κ2) is 8.08. The first kappa shape index (κ1) is 19.4. The first-order valence-electron chi connectivity index (χ1n) is 8.84. The molecule has 1 amide bonds. The van der Waals surface area contributed by atoms with Crippen molar-refractivity contribution in [2.75, 3.05) is 50.1 Å². The van der Waals surface area contributed by atoms with E-state index in [0.29, 0.717) is 32.1 Å². The number of hydrogen-bond donors (Lipinski definition) is 0. The molecule has 27 heavy (non-hydrogen) atoms. The van der Waals surface area contributed by atoms with Crippen LogP contribution in [0.2, 0.25) is 5.02 Å². The maximum Gasteiger partial charge on any atom is 0.227 e. The largest absolute Gasteiger partial charge is 0.363 e. The zero-order valence-electron chi connectivity index (χ0n) is 15.7. The van der Waals surface area contributed by atoms with Crippen LogP contribution in [0.4, 0.5) is 16.2 Å². The first-order chi connectivity index (χ1) is 12.8. The number of benzene rings is 1. The van der Waals surface area contributed by atoms with Gasteiger partial charge in [-0.25, -0.2) is 9.37 Å². The smallest absolute Gasteiger partial charge is 0.227 e. The van der Waals surface area contributed by atoms with Crippen LogP contribution < -0.4 is 9.80 Å². The SMILES string of the molecule is Cc1cc(N(C)C)nc(N2CCN(C(=O)Cc3c(F)cccc3Cl)CC2)n1. The number of anilines is 2. The zero-order valence-corrected chi connectivity index (χ0v) is 16.5. The van der Waals surface area contributed by atoms with E-state index in [1.165, 1.54) is 12.1 Å². The van der Waals surface area contributed by atoms with Gasteiger partial charge in [-0.2, -0.15) is 4.98 Å². The van der Waals surface area contributed by atoms with Gasteiger partial charge in [0.2, 0.25) is 11.9 Å². The summed E-state index contributed by atoms with van der Waals surface area (Å²) in [5, 5.41) is 0.284. The fraction of sp³-hybridized carbons (Fsp3) is 0.421. The molecule has 1 aliphatic rings. The van der Waals surface area contributed by atoms with E-state index in [1.807, 2.05) is 32.0 Å². The Morgan fingerprint density at radius 3 is 2.56 bits per heavy atom. The van der Waals surface area contributed by atoms with Crippen LogP contribution in [0.1, 0.15) is 11.3 Å². The number of carbonyl (C=O) groups is 1. The van der Waals surface area contributed by atoms with Gasteiger partial charge < -0.3 is 14.7 Å². The van der Waals surface area contributed by atoms with Gasteiger partial charge in [0.05, 0.1) is 6.42 Å². The molecule has 0 atom stereocenters. The minimum Gasteiger partial charge on any atom is -0.363 e. The minimum absolute atomic E-state index is 0.0305. The highest BCUT2D eigenvalue weighted by Crippen LogP contribution is 2.21. The number of amides is 1. The van der Waals surface area contributed by atoms with Gasteiger partial charge in [0.1, 0.15) is 11.6 Å². The molecular weight excluding hydrogens is 369 g/mol. The minimum atomic E-state index is -0.445. The van der Waals surface area contributed by atoms with E-state index in [0.717, 1.165) is 11.5 Å². The number of halogens is 2. The normalized spacial score (nSPS) is 14.4.